The number of amides is 3. The highest BCUT2D eigenvalue weighted by Gasteiger charge is 2.31. The number of benzene rings is 6. The Labute approximate surface area is 654 Å². The third-order valence-corrected chi connectivity index (χ3v) is 18.8. The zero-order chi connectivity index (χ0) is 80.5. The number of ketones is 3. The van der Waals surface area contributed by atoms with E-state index >= 15 is 0 Å². The molecular weight excluding hydrogens is 1440 g/mol. The molecule has 0 unspecified atom stereocenters. The molecule has 11 N–H and O–H groups in total. The van der Waals surface area contributed by atoms with Crippen molar-refractivity contribution in [2.75, 3.05) is 111 Å². The molecular formula is C81H92N22O10. The number of nitrogens with one attached hydrogen (secondary N) is 5. The number of hydrogen-bond acceptors (Lipinski definition) is 28. The fourth-order valence-electron chi connectivity index (χ4n) is 13.0. The van der Waals surface area contributed by atoms with Crippen LogP contribution in [-0.2, 0) is 4.74 Å². The topological polar surface area (TPSA) is 454 Å². The maximum atomic E-state index is 12.9. The van der Waals surface area contributed by atoms with Gasteiger partial charge in [0.1, 0.15) is 23.1 Å². The zero-order valence-electron chi connectivity index (χ0n) is 63.9. The van der Waals surface area contributed by atoms with Crippen LogP contribution in [0.3, 0.4) is 0 Å². The van der Waals surface area contributed by atoms with Crippen LogP contribution >= 0.6 is 0 Å². The van der Waals surface area contributed by atoms with E-state index < -0.39 is 17.7 Å². The van der Waals surface area contributed by atoms with Gasteiger partial charge in [-0.25, -0.2) is 0 Å². The number of methoxy groups -OCH3 is 1. The van der Waals surface area contributed by atoms with Crippen molar-refractivity contribution in [2.24, 2.45) is 35.0 Å². The molecule has 0 spiro atoms. The van der Waals surface area contributed by atoms with Gasteiger partial charge in [0, 0.05) is 118 Å². The minimum atomic E-state index is -0.755. The maximum absolute atomic E-state index is 12.9. The number of nitrogens with zero attached hydrogens (tertiary/aromatic N) is 14. The van der Waals surface area contributed by atoms with Gasteiger partial charge in [-0.1, -0.05) is 0 Å². The Hall–Kier alpha value is -13.6. The molecule has 113 heavy (non-hydrogen) atoms. The predicted octanol–water partition coefficient (Wildman–Crippen LogP) is 10.5. The van der Waals surface area contributed by atoms with Crippen LogP contribution in [0.5, 0.6) is 17.2 Å². The lowest BCUT2D eigenvalue weighted by Crippen LogP contribution is -2.38. The molecule has 9 aromatic rings. The molecule has 6 heterocycles. The Morgan fingerprint density at radius 3 is 1.02 bits per heavy atom. The van der Waals surface area contributed by atoms with Crippen molar-refractivity contribution in [3.63, 3.8) is 0 Å². The van der Waals surface area contributed by atoms with Gasteiger partial charge in [-0.2, -0.15) is 20.2 Å². The molecule has 3 atom stereocenters. The number of nitrogens with two attached hydrogens (primary N) is 3. The molecule has 0 saturated carbocycles. The third-order valence-electron chi connectivity index (χ3n) is 18.8. The van der Waals surface area contributed by atoms with E-state index in [4.69, 9.17) is 52.2 Å². The molecule has 0 bridgehead atoms. The minimum Gasteiger partial charge on any atom is -0.494 e. The lowest BCUT2D eigenvalue weighted by Gasteiger charge is -2.32. The number of hydrogen-bond donors (Lipinski definition) is 8. The summed E-state index contributed by atoms with van der Waals surface area (Å²) >= 11 is 0. The lowest BCUT2D eigenvalue weighted by molar-refractivity contribution is 0.0948. The molecule has 32 nitrogen and oxygen atoms in total. The molecule has 12 rings (SSSR count). The summed E-state index contributed by atoms with van der Waals surface area (Å²) in [6.07, 6.45) is 6.62. The summed E-state index contributed by atoms with van der Waals surface area (Å²) in [5.74, 6) is 2.69. The lowest BCUT2D eigenvalue weighted by atomic mass is 9.91. The van der Waals surface area contributed by atoms with Gasteiger partial charge in [0.05, 0.1) is 38.6 Å². The Morgan fingerprint density at radius 2 is 0.743 bits per heavy atom. The van der Waals surface area contributed by atoms with Crippen LogP contribution < -0.4 is 62.1 Å². The largest absolute Gasteiger partial charge is 0.494 e. The van der Waals surface area contributed by atoms with Crippen molar-refractivity contribution in [3.05, 3.63) is 196 Å². The molecule has 3 amide bonds. The monoisotopic (exact) mass is 1530 g/mol. The summed E-state index contributed by atoms with van der Waals surface area (Å²) in [5, 5.41) is 58.7. The predicted molar refractivity (Wildman–Crippen MR) is 428 cm³/mol. The molecule has 3 aliphatic heterocycles. The van der Waals surface area contributed by atoms with Gasteiger partial charge in [-0.15, -0.1) is 30.6 Å². The van der Waals surface area contributed by atoms with Gasteiger partial charge in [0.2, 0.25) is 23.7 Å². The van der Waals surface area contributed by atoms with Crippen LogP contribution in [0.1, 0.15) is 158 Å². The number of carbonyl (C=O) groups excluding carboxylic acids is 6. The number of nitriles is 1. The Morgan fingerprint density at radius 1 is 0.451 bits per heavy atom. The van der Waals surface area contributed by atoms with E-state index in [9.17, 15) is 28.8 Å². The second-order valence-electron chi connectivity index (χ2n) is 27.1. The van der Waals surface area contributed by atoms with Crippen molar-refractivity contribution in [3.8, 4) is 23.3 Å². The van der Waals surface area contributed by atoms with Crippen LogP contribution in [0.2, 0.25) is 0 Å². The number of piperidine rings is 3. The summed E-state index contributed by atoms with van der Waals surface area (Å²) in [7, 11) is 5.05. The van der Waals surface area contributed by atoms with Gasteiger partial charge in [0.25, 0.3) is 17.7 Å². The molecule has 0 aliphatic carbocycles. The first-order chi connectivity index (χ1) is 54.6. The summed E-state index contributed by atoms with van der Waals surface area (Å²) < 4.78 is 21.3. The van der Waals surface area contributed by atoms with Crippen molar-refractivity contribution >= 4 is 99.2 Å². The quantitative estimate of drug-likeness (QED) is 0.0123. The third kappa shape index (κ3) is 22.8. The van der Waals surface area contributed by atoms with Crippen molar-refractivity contribution < 1.29 is 47.7 Å². The molecule has 6 aromatic carbocycles. The molecule has 3 aliphatic rings. The fraction of sp³-hybridized carbons (Fsp3) is 0.333. The highest BCUT2D eigenvalue weighted by Crippen LogP contribution is 2.32. The SMILES string of the molecule is CCOc1ccc(C(=O)C[C@@H]2CCCN(c3nnc(C(N)=O)c(Nc4ccc(C#N)cc4)n3)C2)cc1.CCOc1ccc(C(=O)C[C@@H]2CCCN(c3nnc(C(N)=O)c(Nc4ccc(C(=N)N(C)C)cc4)n3)C2)cc1.CCOc1ccc(C(=O)C[C@@H]2CCCN(c3nnc(C(N)=O)c(Nc4ccc(C(=N)OC)cc4)n3)C2)cc1. The standard InChI is InChI=1S/C28H34N8O3.C27H31N7O4.C26H27N7O3/c1-4-39-22-13-9-19(10-14-22)23(37)16-18-6-5-15-36(17-18)28-32-27(24(26(30)38)33-34-28)31-21-11-7-20(8-12-21)25(29)35(2)3;1-3-38-21-12-8-18(9-13-21)22(35)15-17-5-4-14-34(16-17)27-31-26(23(24(28)36)32-33-27)30-20-10-6-19(7-11-20)25(29)37-2;1-2-36-21-11-7-19(8-12-21)22(34)14-18-4-3-13-33(16-18)26-30-25(23(24(28)35)31-32-26)29-20-9-5-17(15-27)6-10-20/h7-14,18,29H,4-6,15-17H2,1-3H3,(H2,30,38)(H,31,32,34);6-13,17,29H,3-5,14-16H2,1-2H3,(H2,28,36)(H,30,31,33);5-12,18H,2-4,13-14,16H2,1H3,(H2,28,35)(H,29,30,32)/t18-;17-;18-/m000/s1. The Balaban J connectivity index is 0.000000180. The van der Waals surface area contributed by atoms with Crippen LogP contribution in [-0.4, -0.2) is 178 Å². The average molecular weight is 1530 g/mol. The molecule has 32 heteroatoms. The average Bonchev–Trinajstić information content (AvgIpc) is 0.816. The number of Topliss-reactive ketones (excluding diaryl/α,β-unsaturated/α-hetero) is 3. The first kappa shape index (κ1) is 81.9. The number of aromatic nitrogens is 9. The van der Waals surface area contributed by atoms with Crippen molar-refractivity contribution in [1.82, 2.24) is 50.4 Å². The van der Waals surface area contributed by atoms with Gasteiger partial charge in [-0.3, -0.25) is 39.6 Å². The van der Waals surface area contributed by atoms with Gasteiger partial charge < -0.3 is 71.7 Å². The fourth-order valence-corrected chi connectivity index (χ4v) is 13.0. The maximum Gasteiger partial charge on any atom is 0.273 e. The highest BCUT2D eigenvalue weighted by atomic mass is 16.5. The van der Waals surface area contributed by atoms with Crippen LogP contribution in [0.15, 0.2) is 146 Å². The normalized spacial score (nSPS) is 15.0. The van der Waals surface area contributed by atoms with Crippen LogP contribution in [0.25, 0.3) is 0 Å². The van der Waals surface area contributed by atoms with Gasteiger partial charge in [-0.05, 0) is 223 Å². The van der Waals surface area contributed by atoms with E-state index in [1.165, 1.54) is 7.11 Å². The van der Waals surface area contributed by atoms with Crippen molar-refractivity contribution in [2.45, 2.75) is 78.6 Å². The van der Waals surface area contributed by atoms with E-state index in [2.05, 4.69) is 67.6 Å². The van der Waals surface area contributed by atoms with Crippen molar-refractivity contribution in [1.29, 1.82) is 16.1 Å². The summed E-state index contributed by atoms with van der Waals surface area (Å²) in [4.78, 5) is 95.9. The second kappa shape index (κ2) is 39.7. The van der Waals surface area contributed by atoms with E-state index in [-0.39, 0.29) is 75.5 Å². The van der Waals surface area contributed by atoms with Gasteiger partial charge >= 0.3 is 0 Å². The number of rotatable bonds is 29. The summed E-state index contributed by atoms with van der Waals surface area (Å²) in [6.45, 7) is 11.4. The molecule has 3 saturated heterocycles. The summed E-state index contributed by atoms with van der Waals surface area (Å²) in [6, 6.07) is 44.5. The molecule has 3 fully saturated rings. The minimum absolute atomic E-state index is 0.0426. The molecule has 3 aromatic heterocycles. The van der Waals surface area contributed by atoms with E-state index in [1.807, 2.05) is 86.0 Å². The second-order valence-corrected chi connectivity index (χ2v) is 27.1. The van der Waals surface area contributed by atoms with Gasteiger partial charge in [0.15, 0.2) is 51.9 Å². The Kier molecular flexibility index (Phi) is 28.8. The smallest absolute Gasteiger partial charge is 0.273 e. The number of amidine groups is 1. The summed E-state index contributed by atoms with van der Waals surface area (Å²) in [5.41, 5.74) is 22.1. The van der Waals surface area contributed by atoms with Crippen LogP contribution in [0, 0.1) is 39.9 Å². The van der Waals surface area contributed by atoms with Crippen LogP contribution in [0.4, 0.5) is 52.4 Å². The molecule has 586 valence electrons. The first-order valence-corrected chi connectivity index (χ1v) is 37.2. The first-order valence-electron chi connectivity index (χ1n) is 37.2. The highest BCUT2D eigenvalue weighted by molar-refractivity contribution is 6.00. The number of ether oxygens (including phenoxy) is 4. The van der Waals surface area contributed by atoms with E-state index in [0.717, 1.165) is 61.3 Å². The zero-order valence-corrected chi connectivity index (χ0v) is 63.9. The van der Waals surface area contributed by atoms with E-state index in [0.29, 0.717) is 147 Å². The van der Waals surface area contributed by atoms with E-state index in [1.54, 1.807) is 114 Å². The molecule has 0 radical (unpaired) electrons. The number of primary amides is 3. The number of carbonyl (C=O) groups is 6. The number of anilines is 9. The Bertz CT molecular complexity index is 4860.